The number of nitrogens with one attached hydrogen (secondary N) is 2. The molecule has 2 aromatic carbocycles. The average molecular weight is 390 g/mol. The van der Waals surface area contributed by atoms with Crippen molar-refractivity contribution in [2.75, 3.05) is 11.9 Å². The molecule has 0 saturated carbocycles. The van der Waals surface area contributed by atoms with Gasteiger partial charge in [-0.1, -0.05) is 18.2 Å². The lowest BCUT2D eigenvalue weighted by atomic mass is 9.89. The summed E-state index contributed by atoms with van der Waals surface area (Å²) in [7, 11) is 0. The van der Waals surface area contributed by atoms with Gasteiger partial charge in [0.05, 0.1) is 12.6 Å². The van der Waals surface area contributed by atoms with Crippen LogP contribution in [-0.4, -0.2) is 12.5 Å². The van der Waals surface area contributed by atoms with Crippen molar-refractivity contribution in [3.63, 3.8) is 0 Å². The highest BCUT2D eigenvalue weighted by Crippen LogP contribution is 2.25. The molecule has 0 radical (unpaired) electrons. The Hall–Kier alpha value is -3.08. The number of aryl methyl sites for hydroxylation is 3. The van der Waals surface area contributed by atoms with Crippen LogP contribution in [0.5, 0.6) is 0 Å². The molecule has 4 rings (SSSR count). The predicted octanol–water partition coefficient (Wildman–Crippen LogP) is 4.27. The van der Waals surface area contributed by atoms with Crippen LogP contribution in [0, 0.1) is 6.92 Å². The number of benzene rings is 2. The van der Waals surface area contributed by atoms with E-state index in [9.17, 15) is 9.59 Å². The number of hydrogen-bond acceptors (Lipinski definition) is 4. The molecule has 0 fully saturated rings. The molecule has 1 aliphatic carbocycles. The van der Waals surface area contributed by atoms with Crippen molar-refractivity contribution < 1.29 is 9.21 Å². The Bertz CT molecular complexity index is 1120. The number of carbonyl (C=O) groups is 1. The summed E-state index contributed by atoms with van der Waals surface area (Å²) in [5, 5.41) is 7.05. The van der Waals surface area contributed by atoms with E-state index < -0.39 is 0 Å². The van der Waals surface area contributed by atoms with Gasteiger partial charge in [-0.25, -0.2) is 4.79 Å². The first-order valence-corrected chi connectivity index (χ1v) is 10.2. The summed E-state index contributed by atoms with van der Waals surface area (Å²) < 4.78 is 5.26. The zero-order chi connectivity index (χ0) is 20.4. The highest BCUT2D eigenvalue weighted by molar-refractivity contribution is 5.85. The molecule has 5 nitrogen and oxygen atoms in total. The molecule has 150 valence electrons. The van der Waals surface area contributed by atoms with Crippen LogP contribution < -0.4 is 16.3 Å². The Morgan fingerprint density at radius 1 is 1.07 bits per heavy atom. The molecule has 1 aliphatic rings. The largest absolute Gasteiger partial charge is 0.423 e. The van der Waals surface area contributed by atoms with Crippen molar-refractivity contribution in [3.05, 3.63) is 75.1 Å². The summed E-state index contributed by atoms with van der Waals surface area (Å²) in [4.78, 5) is 24.0. The van der Waals surface area contributed by atoms with Gasteiger partial charge in [0.25, 0.3) is 0 Å². The Morgan fingerprint density at radius 2 is 1.86 bits per heavy atom. The number of hydrogen-bond donors (Lipinski definition) is 2. The fraction of sp³-hybridized carbons (Fsp3) is 0.333. The van der Waals surface area contributed by atoms with Gasteiger partial charge in [0.1, 0.15) is 5.58 Å². The second-order valence-electron chi connectivity index (χ2n) is 7.84. The molecule has 3 aromatic rings. The maximum absolute atomic E-state index is 12.4. The van der Waals surface area contributed by atoms with Crippen molar-refractivity contribution in [2.45, 2.75) is 45.6 Å². The van der Waals surface area contributed by atoms with E-state index in [2.05, 4.69) is 28.8 Å². The molecular formula is C24H26N2O3. The van der Waals surface area contributed by atoms with E-state index >= 15 is 0 Å². The monoisotopic (exact) mass is 390 g/mol. The summed E-state index contributed by atoms with van der Waals surface area (Å²) in [6.45, 7) is 4.04. The first-order chi connectivity index (χ1) is 14.0. The van der Waals surface area contributed by atoms with E-state index in [4.69, 9.17) is 4.42 Å². The zero-order valence-corrected chi connectivity index (χ0v) is 16.9. The van der Waals surface area contributed by atoms with E-state index in [0.29, 0.717) is 5.58 Å². The first kappa shape index (κ1) is 19.2. The number of fused-ring (bicyclic) bond motifs is 2. The molecule has 0 aliphatic heterocycles. The van der Waals surface area contributed by atoms with Crippen LogP contribution in [0.2, 0.25) is 0 Å². The molecule has 0 bridgehead atoms. The van der Waals surface area contributed by atoms with Gasteiger partial charge >= 0.3 is 5.63 Å². The van der Waals surface area contributed by atoms with Crippen LogP contribution in [0.25, 0.3) is 11.0 Å². The molecular weight excluding hydrogens is 364 g/mol. The normalized spacial score (nSPS) is 14.3. The van der Waals surface area contributed by atoms with Crippen LogP contribution in [0.15, 0.2) is 51.7 Å². The van der Waals surface area contributed by atoms with Gasteiger partial charge in [-0.15, -0.1) is 0 Å². The fourth-order valence-corrected chi connectivity index (χ4v) is 4.02. The maximum atomic E-state index is 12.4. The third kappa shape index (κ3) is 4.34. The summed E-state index contributed by atoms with van der Waals surface area (Å²) in [5.41, 5.74) is 5.76. The molecule has 0 saturated heterocycles. The minimum Gasteiger partial charge on any atom is -0.423 e. The number of anilines is 1. The van der Waals surface area contributed by atoms with Crippen molar-refractivity contribution >= 4 is 22.6 Å². The number of amides is 1. The van der Waals surface area contributed by atoms with Gasteiger partial charge < -0.3 is 15.1 Å². The quantitative estimate of drug-likeness (QED) is 0.638. The number of carbonyl (C=O) groups excluding carboxylic acids is 1. The van der Waals surface area contributed by atoms with Gasteiger partial charge in [-0.05, 0) is 73.9 Å². The standard InChI is InChI=1S/C24H26N2O3/c1-15-11-24(28)29-22-13-20(9-10-21(15)22)25-14-23(27)26-16(2)18-8-7-17-5-3-4-6-19(17)12-18/h7-13,16,25H,3-6,14H2,1-2H3,(H,26,27)/t16-/m1/s1. The summed E-state index contributed by atoms with van der Waals surface area (Å²) in [5.74, 6) is -0.0824. The first-order valence-electron chi connectivity index (χ1n) is 10.2. The molecule has 0 spiro atoms. The van der Waals surface area contributed by atoms with E-state index in [1.54, 1.807) is 6.07 Å². The molecule has 1 amide bonds. The van der Waals surface area contributed by atoms with Gasteiger partial charge in [-0.2, -0.15) is 0 Å². The highest BCUT2D eigenvalue weighted by atomic mass is 16.4. The molecule has 1 atom stereocenters. The molecule has 29 heavy (non-hydrogen) atoms. The Labute approximate surface area is 170 Å². The van der Waals surface area contributed by atoms with E-state index in [-0.39, 0.29) is 24.1 Å². The van der Waals surface area contributed by atoms with Crippen LogP contribution >= 0.6 is 0 Å². The van der Waals surface area contributed by atoms with Crippen LogP contribution in [0.3, 0.4) is 0 Å². The van der Waals surface area contributed by atoms with Crippen LogP contribution in [-0.2, 0) is 17.6 Å². The zero-order valence-electron chi connectivity index (χ0n) is 16.9. The van der Waals surface area contributed by atoms with Gasteiger partial charge in [0, 0.05) is 23.2 Å². The minimum absolute atomic E-state index is 0.0474. The van der Waals surface area contributed by atoms with E-state index in [1.807, 2.05) is 26.0 Å². The van der Waals surface area contributed by atoms with Crippen molar-refractivity contribution in [1.82, 2.24) is 5.32 Å². The van der Waals surface area contributed by atoms with Crippen molar-refractivity contribution in [2.24, 2.45) is 0 Å². The van der Waals surface area contributed by atoms with E-state index in [0.717, 1.165) is 35.0 Å². The average Bonchev–Trinajstić information content (AvgIpc) is 2.71. The third-order valence-electron chi connectivity index (χ3n) is 5.65. The van der Waals surface area contributed by atoms with Crippen LogP contribution in [0.4, 0.5) is 5.69 Å². The third-order valence-corrected chi connectivity index (χ3v) is 5.65. The molecule has 1 heterocycles. The second kappa shape index (κ2) is 8.11. The molecule has 5 heteroatoms. The van der Waals surface area contributed by atoms with Crippen LogP contribution in [0.1, 0.15) is 48.1 Å². The summed E-state index contributed by atoms with van der Waals surface area (Å²) in [6.07, 6.45) is 4.79. The minimum atomic E-state index is -0.372. The second-order valence-corrected chi connectivity index (χ2v) is 7.84. The molecule has 0 unspecified atom stereocenters. The predicted molar refractivity (Wildman–Crippen MR) is 115 cm³/mol. The smallest absolute Gasteiger partial charge is 0.336 e. The van der Waals surface area contributed by atoms with Crippen molar-refractivity contribution in [3.8, 4) is 0 Å². The number of rotatable bonds is 5. The Kier molecular flexibility index (Phi) is 5.38. The van der Waals surface area contributed by atoms with Gasteiger partial charge in [-0.3, -0.25) is 4.79 Å². The van der Waals surface area contributed by atoms with Gasteiger partial charge in [0.2, 0.25) is 5.91 Å². The van der Waals surface area contributed by atoms with Gasteiger partial charge in [0.15, 0.2) is 0 Å². The lowest BCUT2D eigenvalue weighted by Gasteiger charge is -2.20. The SMILES string of the molecule is Cc1cc(=O)oc2cc(NCC(=O)N[C@H](C)c3ccc4c(c3)CCCC4)ccc12. The summed E-state index contributed by atoms with van der Waals surface area (Å²) in [6, 6.07) is 13.5. The van der Waals surface area contributed by atoms with E-state index in [1.165, 1.54) is 30.0 Å². The Morgan fingerprint density at radius 3 is 2.69 bits per heavy atom. The molecule has 1 aromatic heterocycles. The Balaban J connectivity index is 1.38. The van der Waals surface area contributed by atoms with Crippen molar-refractivity contribution in [1.29, 1.82) is 0 Å². The maximum Gasteiger partial charge on any atom is 0.336 e. The highest BCUT2D eigenvalue weighted by Gasteiger charge is 2.14. The topological polar surface area (TPSA) is 71.3 Å². The lowest BCUT2D eigenvalue weighted by molar-refractivity contribution is -0.120. The lowest BCUT2D eigenvalue weighted by Crippen LogP contribution is -2.32. The summed E-state index contributed by atoms with van der Waals surface area (Å²) >= 11 is 0. The molecule has 2 N–H and O–H groups in total. The fourth-order valence-electron chi connectivity index (χ4n) is 4.02.